The lowest BCUT2D eigenvalue weighted by Crippen LogP contribution is -2.43. The van der Waals surface area contributed by atoms with Crippen LogP contribution in [0, 0.1) is 5.82 Å². The molecule has 2 fully saturated rings. The summed E-state index contributed by atoms with van der Waals surface area (Å²) >= 11 is 0. The average Bonchev–Trinajstić information content (AvgIpc) is 3.00. The Morgan fingerprint density at radius 2 is 1.97 bits per heavy atom. The van der Waals surface area contributed by atoms with Gasteiger partial charge in [0.2, 0.25) is 5.91 Å². The van der Waals surface area contributed by atoms with E-state index in [0.717, 1.165) is 11.0 Å². The third-order valence-electron chi connectivity index (χ3n) is 5.29. The Morgan fingerprint density at radius 1 is 1.21 bits per heavy atom. The zero-order valence-electron chi connectivity index (χ0n) is 18.0. The number of carbonyl (C=O) groups is 4. The van der Waals surface area contributed by atoms with E-state index in [0.29, 0.717) is 19.6 Å². The molecule has 34 heavy (non-hydrogen) atoms. The molecule has 1 aromatic rings. The maximum absolute atomic E-state index is 14.9. The molecule has 3 N–H and O–H groups in total. The number of ether oxygens (including phenoxy) is 1. The van der Waals surface area contributed by atoms with Gasteiger partial charge in [0.15, 0.2) is 0 Å². The monoisotopic (exact) mass is 487 g/mol. The van der Waals surface area contributed by atoms with Gasteiger partial charge in [-0.1, -0.05) is 0 Å². The van der Waals surface area contributed by atoms with Gasteiger partial charge in [0.25, 0.3) is 5.91 Å². The molecule has 3 rings (SSSR count). The third kappa shape index (κ3) is 6.27. The number of carboxylic acids is 1. The van der Waals surface area contributed by atoms with Crippen LogP contribution in [0.25, 0.3) is 0 Å². The van der Waals surface area contributed by atoms with Crippen LogP contribution in [0.2, 0.25) is 0 Å². The topological polar surface area (TPSA) is 132 Å². The number of cyclic esters (lactones) is 1. The highest BCUT2D eigenvalue weighted by Gasteiger charge is 2.33. The highest BCUT2D eigenvalue weighted by molar-refractivity contribution is 5.90. The average molecular weight is 487 g/mol. The predicted molar refractivity (Wildman–Crippen MR) is 112 cm³/mol. The van der Waals surface area contributed by atoms with Crippen LogP contribution in [0.4, 0.5) is 29.3 Å². The molecule has 3 amide bonds. The maximum Gasteiger partial charge on any atom is 0.414 e. The number of hydrazine groups is 1. The van der Waals surface area contributed by atoms with E-state index in [4.69, 9.17) is 9.84 Å². The number of carboxylic acid groups (broad SMARTS) is 1. The van der Waals surface area contributed by atoms with Crippen LogP contribution in [0.5, 0.6) is 0 Å². The molecule has 2 saturated heterocycles. The molecule has 1 unspecified atom stereocenters. The van der Waals surface area contributed by atoms with Gasteiger partial charge in [-0.3, -0.25) is 24.3 Å². The Balaban J connectivity index is 1.59. The Bertz CT molecular complexity index is 949. The number of hydrogen-bond donors (Lipinski definition) is 3. The van der Waals surface area contributed by atoms with E-state index in [1.807, 2.05) is 5.32 Å². The van der Waals surface area contributed by atoms with Crippen molar-refractivity contribution in [3.05, 3.63) is 24.0 Å². The number of amides is 3. The number of hydrogen-bond acceptors (Lipinski definition) is 7. The van der Waals surface area contributed by atoms with Crippen LogP contribution >= 0.6 is 0 Å². The number of halogens is 3. The van der Waals surface area contributed by atoms with Gasteiger partial charge in [-0.15, -0.1) is 0 Å². The molecule has 1 atom stereocenters. The van der Waals surface area contributed by atoms with Crippen molar-refractivity contribution in [2.24, 2.45) is 0 Å². The Labute approximate surface area is 192 Å². The van der Waals surface area contributed by atoms with Crippen molar-refractivity contribution in [3.8, 4) is 0 Å². The van der Waals surface area contributed by atoms with Crippen LogP contribution in [0.3, 0.4) is 0 Å². The fraction of sp³-hybridized carbons (Fsp3) is 0.500. The number of benzene rings is 1. The Kier molecular flexibility index (Phi) is 8.15. The van der Waals surface area contributed by atoms with Gasteiger partial charge in [0, 0.05) is 26.1 Å². The summed E-state index contributed by atoms with van der Waals surface area (Å²) in [6, 6.07) is 4.13. The molecule has 0 aromatic heterocycles. The van der Waals surface area contributed by atoms with Crippen molar-refractivity contribution in [2.75, 3.05) is 49.1 Å². The summed E-state index contributed by atoms with van der Waals surface area (Å²) in [4.78, 5) is 48.8. The second kappa shape index (κ2) is 11.0. The van der Waals surface area contributed by atoms with Crippen LogP contribution in [0.15, 0.2) is 18.2 Å². The number of rotatable bonds is 8. The van der Waals surface area contributed by atoms with E-state index in [-0.39, 0.29) is 49.8 Å². The largest absolute Gasteiger partial charge is 0.481 e. The first-order valence-electron chi connectivity index (χ1n) is 10.5. The van der Waals surface area contributed by atoms with Gasteiger partial charge < -0.3 is 20.1 Å². The van der Waals surface area contributed by atoms with Crippen molar-refractivity contribution in [1.29, 1.82) is 0 Å². The van der Waals surface area contributed by atoms with Gasteiger partial charge in [-0.2, -0.15) is 8.78 Å². The Hall–Kier alpha value is -3.55. The number of nitrogens with zero attached hydrogens (tertiary/aromatic N) is 3. The highest BCUT2D eigenvalue weighted by Crippen LogP contribution is 2.28. The van der Waals surface area contributed by atoms with Crippen LogP contribution < -0.4 is 20.5 Å². The first-order chi connectivity index (χ1) is 16.2. The number of carbonyl (C=O) groups excluding carboxylic acids is 3. The molecule has 2 aliphatic rings. The molecular weight excluding hydrogens is 463 g/mol. The van der Waals surface area contributed by atoms with Crippen molar-refractivity contribution < 1.29 is 42.2 Å². The molecule has 2 heterocycles. The van der Waals surface area contributed by atoms with E-state index in [9.17, 15) is 32.3 Å². The fourth-order valence-electron chi connectivity index (χ4n) is 3.58. The lowest BCUT2D eigenvalue weighted by Gasteiger charge is -2.24. The maximum atomic E-state index is 14.9. The zero-order valence-corrected chi connectivity index (χ0v) is 18.0. The molecule has 1 aromatic carbocycles. The molecule has 0 spiro atoms. The fourth-order valence-corrected chi connectivity index (χ4v) is 3.58. The second-order valence-electron chi connectivity index (χ2n) is 7.63. The summed E-state index contributed by atoms with van der Waals surface area (Å²) in [5.41, 5.74) is 3.35. The zero-order chi connectivity index (χ0) is 24.8. The van der Waals surface area contributed by atoms with E-state index in [1.54, 1.807) is 4.90 Å². The van der Waals surface area contributed by atoms with Gasteiger partial charge in [-0.25, -0.2) is 14.6 Å². The first kappa shape index (κ1) is 25.1. The molecule has 11 nitrogen and oxygen atoms in total. The number of aliphatic carboxylic acids is 1. The van der Waals surface area contributed by atoms with E-state index < -0.39 is 36.3 Å². The SMILES string of the molecule is O=C(O)CCC(=O)N1CCN(c2ccc(N3CC(CNC(=O)C(F)F)OC3=O)cc2F)CCN1. The van der Waals surface area contributed by atoms with Crippen molar-refractivity contribution in [1.82, 2.24) is 15.8 Å². The third-order valence-corrected chi connectivity index (χ3v) is 5.29. The number of anilines is 2. The molecule has 0 radical (unpaired) electrons. The summed E-state index contributed by atoms with van der Waals surface area (Å²) in [7, 11) is 0. The summed E-state index contributed by atoms with van der Waals surface area (Å²) in [6.45, 7) is 0.849. The van der Waals surface area contributed by atoms with E-state index in [1.165, 1.54) is 17.1 Å². The first-order valence-corrected chi connectivity index (χ1v) is 10.5. The van der Waals surface area contributed by atoms with Gasteiger partial charge in [-0.05, 0) is 18.2 Å². The van der Waals surface area contributed by atoms with E-state index >= 15 is 0 Å². The molecule has 0 bridgehead atoms. The van der Waals surface area contributed by atoms with Crippen molar-refractivity contribution in [2.45, 2.75) is 25.4 Å². The van der Waals surface area contributed by atoms with Crippen LogP contribution in [-0.4, -0.2) is 85.8 Å². The molecule has 0 aliphatic carbocycles. The molecule has 2 aliphatic heterocycles. The summed E-state index contributed by atoms with van der Waals surface area (Å²) in [5, 5.41) is 12.0. The lowest BCUT2D eigenvalue weighted by molar-refractivity contribution is -0.141. The summed E-state index contributed by atoms with van der Waals surface area (Å²) < 4.78 is 44.5. The Morgan fingerprint density at radius 3 is 2.65 bits per heavy atom. The molecule has 0 saturated carbocycles. The van der Waals surface area contributed by atoms with Crippen LogP contribution in [-0.2, 0) is 19.1 Å². The summed E-state index contributed by atoms with van der Waals surface area (Å²) in [6.07, 6.45) is -5.27. The second-order valence-corrected chi connectivity index (χ2v) is 7.63. The van der Waals surface area contributed by atoms with Gasteiger partial charge in [0.05, 0.1) is 37.4 Å². The lowest BCUT2D eigenvalue weighted by atomic mass is 10.2. The molecular formula is C20H24F3N5O6. The molecule has 14 heteroatoms. The molecule has 186 valence electrons. The minimum absolute atomic E-state index is 0.0534. The minimum Gasteiger partial charge on any atom is -0.481 e. The number of alkyl halides is 2. The minimum atomic E-state index is -3.18. The smallest absolute Gasteiger partial charge is 0.414 e. The quantitative estimate of drug-likeness (QED) is 0.485. The van der Waals surface area contributed by atoms with Gasteiger partial charge >= 0.3 is 18.5 Å². The number of nitrogens with one attached hydrogen (secondary N) is 2. The predicted octanol–water partition coefficient (Wildman–Crippen LogP) is 0.550. The standard InChI is InChI=1S/C20H24F3N5O6/c21-14-9-12(27-11-13(34-20(27)33)10-24-19(32)18(22)23)1-2-15(14)26-6-5-25-28(8-7-26)16(29)3-4-17(30)31/h1-2,9,13,18,25H,3-8,10-11H2,(H,24,32)(H,30,31). The van der Waals surface area contributed by atoms with Gasteiger partial charge in [0.1, 0.15) is 11.9 Å². The normalized spacial score (nSPS) is 18.6. The highest BCUT2D eigenvalue weighted by atomic mass is 19.3. The van der Waals surface area contributed by atoms with E-state index in [2.05, 4.69) is 5.43 Å². The van der Waals surface area contributed by atoms with Crippen LogP contribution in [0.1, 0.15) is 12.8 Å². The van der Waals surface area contributed by atoms with Crippen molar-refractivity contribution >= 4 is 35.3 Å². The van der Waals surface area contributed by atoms with Crippen molar-refractivity contribution in [3.63, 3.8) is 0 Å². The summed E-state index contributed by atoms with van der Waals surface area (Å²) in [5.74, 6) is -3.53.